The molecule has 1 aromatic carbocycles. The van der Waals surface area contributed by atoms with Crippen LogP contribution in [0.25, 0.3) is 0 Å². The van der Waals surface area contributed by atoms with Gasteiger partial charge in [0.1, 0.15) is 0 Å². The lowest BCUT2D eigenvalue weighted by Crippen LogP contribution is -1.94. The van der Waals surface area contributed by atoms with E-state index in [2.05, 4.69) is 45.0 Å². The van der Waals surface area contributed by atoms with Gasteiger partial charge in [0.05, 0.1) is 0 Å². The number of unbranched alkanes of at least 4 members (excludes halogenated alkanes) is 1. The molecule has 1 rings (SSSR count). The molecular formula is C16H26. The SMILES string of the molecule is CCCC(C)CCCCc1ccc(C)cc1. The van der Waals surface area contributed by atoms with Gasteiger partial charge in [-0.2, -0.15) is 0 Å². The van der Waals surface area contributed by atoms with E-state index in [1.54, 1.807) is 0 Å². The zero-order valence-electron chi connectivity index (χ0n) is 11.1. The van der Waals surface area contributed by atoms with Crippen molar-refractivity contribution in [3.63, 3.8) is 0 Å². The van der Waals surface area contributed by atoms with Gasteiger partial charge >= 0.3 is 0 Å². The smallest absolute Gasteiger partial charge is 0.0279 e. The highest BCUT2D eigenvalue weighted by Crippen LogP contribution is 2.15. The van der Waals surface area contributed by atoms with Crippen molar-refractivity contribution in [2.75, 3.05) is 0 Å². The molecule has 0 aliphatic carbocycles. The Labute approximate surface area is 101 Å². The molecule has 0 radical (unpaired) electrons. The third kappa shape index (κ3) is 5.34. The molecule has 0 bridgehead atoms. The summed E-state index contributed by atoms with van der Waals surface area (Å²) in [6.07, 6.45) is 8.11. The highest BCUT2D eigenvalue weighted by molar-refractivity contribution is 5.21. The van der Waals surface area contributed by atoms with Gasteiger partial charge in [0.2, 0.25) is 0 Å². The van der Waals surface area contributed by atoms with Crippen molar-refractivity contribution in [2.45, 2.75) is 59.3 Å². The van der Waals surface area contributed by atoms with Gasteiger partial charge in [-0.3, -0.25) is 0 Å². The lowest BCUT2D eigenvalue weighted by atomic mass is 9.97. The number of hydrogen-bond acceptors (Lipinski definition) is 0. The second-order valence-corrected chi connectivity index (χ2v) is 5.13. The van der Waals surface area contributed by atoms with Crippen LogP contribution in [0.15, 0.2) is 24.3 Å². The van der Waals surface area contributed by atoms with Crippen LogP contribution in [-0.4, -0.2) is 0 Å². The second kappa shape index (κ2) is 7.49. The molecule has 0 heteroatoms. The average molecular weight is 218 g/mol. The highest BCUT2D eigenvalue weighted by Gasteiger charge is 2.00. The Kier molecular flexibility index (Phi) is 6.22. The molecule has 0 spiro atoms. The Balaban J connectivity index is 2.13. The lowest BCUT2D eigenvalue weighted by Gasteiger charge is -2.09. The number of benzene rings is 1. The Morgan fingerprint density at radius 3 is 2.31 bits per heavy atom. The van der Waals surface area contributed by atoms with Gasteiger partial charge in [-0.1, -0.05) is 69.4 Å². The third-order valence-corrected chi connectivity index (χ3v) is 3.31. The maximum absolute atomic E-state index is 2.38. The molecule has 0 aromatic heterocycles. The van der Waals surface area contributed by atoms with Crippen LogP contribution in [0.5, 0.6) is 0 Å². The zero-order valence-corrected chi connectivity index (χ0v) is 11.1. The minimum absolute atomic E-state index is 0.919. The number of hydrogen-bond donors (Lipinski definition) is 0. The summed E-state index contributed by atoms with van der Waals surface area (Å²) in [6, 6.07) is 8.97. The molecule has 1 atom stereocenters. The van der Waals surface area contributed by atoms with Gasteiger partial charge in [0.15, 0.2) is 0 Å². The third-order valence-electron chi connectivity index (χ3n) is 3.31. The summed E-state index contributed by atoms with van der Waals surface area (Å²) in [6.45, 7) is 6.81. The van der Waals surface area contributed by atoms with Gasteiger partial charge in [0, 0.05) is 0 Å². The topological polar surface area (TPSA) is 0 Å². The summed E-state index contributed by atoms with van der Waals surface area (Å²) in [7, 11) is 0. The highest BCUT2D eigenvalue weighted by atomic mass is 14.1. The largest absolute Gasteiger partial charge is 0.0654 e. The molecule has 1 unspecified atom stereocenters. The molecule has 0 aliphatic heterocycles. The van der Waals surface area contributed by atoms with E-state index in [0.29, 0.717) is 0 Å². The maximum atomic E-state index is 2.38. The summed E-state index contributed by atoms with van der Waals surface area (Å²) in [5, 5.41) is 0. The van der Waals surface area contributed by atoms with Gasteiger partial charge in [0.25, 0.3) is 0 Å². The van der Waals surface area contributed by atoms with Crippen molar-refractivity contribution in [2.24, 2.45) is 5.92 Å². The van der Waals surface area contributed by atoms with E-state index in [1.807, 2.05) is 0 Å². The van der Waals surface area contributed by atoms with E-state index in [-0.39, 0.29) is 0 Å². The normalized spacial score (nSPS) is 12.7. The van der Waals surface area contributed by atoms with Crippen molar-refractivity contribution in [3.05, 3.63) is 35.4 Å². The fourth-order valence-electron chi connectivity index (χ4n) is 2.21. The fourth-order valence-corrected chi connectivity index (χ4v) is 2.21. The molecule has 0 saturated heterocycles. The van der Waals surface area contributed by atoms with E-state index < -0.39 is 0 Å². The minimum Gasteiger partial charge on any atom is -0.0654 e. The van der Waals surface area contributed by atoms with Crippen LogP contribution in [0.1, 0.15) is 57.1 Å². The molecule has 0 fully saturated rings. The van der Waals surface area contributed by atoms with Gasteiger partial charge in [-0.05, 0) is 31.2 Å². The van der Waals surface area contributed by atoms with E-state index in [0.717, 1.165) is 5.92 Å². The van der Waals surface area contributed by atoms with Crippen molar-refractivity contribution in [1.82, 2.24) is 0 Å². The number of aryl methyl sites for hydroxylation is 2. The van der Waals surface area contributed by atoms with Crippen molar-refractivity contribution in [3.8, 4) is 0 Å². The molecule has 16 heavy (non-hydrogen) atoms. The summed E-state index contributed by atoms with van der Waals surface area (Å²) in [5.74, 6) is 0.919. The quantitative estimate of drug-likeness (QED) is 0.556. The first-order chi connectivity index (χ1) is 7.72. The van der Waals surface area contributed by atoms with Gasteiger partial charge in [-0.25, -0.2) is 0 Å². The Morgan fingerprint density at radius 2 is 1.69 bits per heavy atom. The minimum atomic E-state index is 0.919. The zero-order chi connectivity index (χ0) is 11.8. The first-order valence-corrected chi connectivity index (χ1v) is 6.78. The summed E-state index contributed by atoms with van der Waals surface area (Å²) in [4.78, 5) is 0. The first kappa shape index (κ1) is 13.3. The van der Waals surface area contributed by atoms with Crippen molar-refractivity contribution >= 4 is 0 Å². The molecule has 0 saturated carbocycles. The fraction of sp³-hybridized carbons (Fsp3) is 0.625. The average Bonchev–Trinajstić information content (AvgIpc) is 2.27. The maximum Gasteiger partial charge on any atom is -0.0279 e. The van der Waals surface area contributed by atoms with Gasteiger partial charge in [-0.15, -0.1) is 0 Å². The Morgan fingerprint density at radius 1 is 1.00 bits per heavy atom. The summed E-state index contributed by atoms with van der Waals surface area (Å²) in [5.41, 5.74) is 2.86. The van der Waals surface area contributed by atoms with Crippen LogP contribution in [0, 0.1) is 12.8 Å². The van der Waals surface area contributed by atoms with Crippen molar-refractivity contribution in [1.29, 1.82) is 0 Å². The number of rotatable bonds is 7. The molecule has 90 valence electrons. The predicted molar refractivity (Wildman–Crippen MR) is 72.8 cm³/mol. The monoisotopic (exact) mass is 218 g/mol. The van der Waals surface area contributed by atoms with Crippen LogP contribution in [0.4, 0.5) is 0 Å². The molecule has 0 aliphatic rings. The van der Waals surface area contributed by atoms with Crippen molar-refractivity contribution < 1.29 is 0 Å². The Hall–Kier alpha value is -0.780. The molecule has 0 amide bonds. The molecule has 1 aromatic rings. The van der Waals surface area contributed by atoms with E-state index in [4.69, 9.17) is 0 Å². The standard InChI is InChI=1S/C16H26/c1-4-7-14(2)8-5-6-9-16-12-10-15(3)11-13-16/h10-14H,4-9H2,1-3H3. The second-order valence-electron chi connectivity index (χ2n) is 5.13. The Bertz CT molecular complexity index is 271. The molecule has 0 nitrogen and oxygen atoms in total. The molecule has 0 heterocycles. The van der Waals surface area contributed by atoms with E-state index in [1.165, 1.54) is 49.7 Å². The van der Waals surface area contributed by atoms with E-state index in [9.17, 15) is 0 Å². The first-order valence-electron chi connectivity index (χ1n) is 6.78. The molecule has 0 N–H and O–H groups in total. The van der Waals surface area contributed by atoms with E-state index >= 15 is 0 Å². The summed E-state index contributed by atoms with van der Waals surface area (Å²) >= 11 is 0. The van der Waals surface area contributed by atoms with Crippen LogP contribution < -0.4 is 0 Å². The van der Waals surface area contributed by atoms with Crippen LogP contribution in [0.3, 0.4) is 0 Å². The molecular weight excluding hydrogens is 192 g/mol. The lowest BCUT2D eigenvalue weighted by molar-refractivity contribution is 0.461. The van der Waals surface area contributed by atoms with Crippen LogP contribution >= 0.6 is 0 Å². The van der Waals surface area contributed by atoms with Crippen LogP contribution in [0.2, 0.25) is 0 Å². The van der Waals surface area contributed by atoms with Crippen LogP contribution in [-0.2, 0) is 6.42 Å². The predicted octanol–water partition coefficient (Wildman–Crippen LogP) is 5.14. The van der Waals surface area contributed by atoms with Gasteiger partial charge < -0.3 is 0 Å². The summed E-state index contributed by atoms with van der Waals surface area (Å²) < 4.78 is 0.